The molecule has 2 heterocycles. The van der Waals surface area contributed by atoms with Crippen molar-refractivity contribution in [3.63, 3.8) is 0 Å². The minimum atomic E-state index is -0.496. The third-order valence-electron chi connectivity index (χ3n) is 2.79. The van der Waals surface area contributed by atoms with Crippen LogP contribution in [0.2, 0.25) is 0 Å². The van der Waals surface area contributed by atoms with Crippen molar-refractivity contribution in [2.24, 2.45) is 0 Å². The van der Waals surface area contributed by atoms with Crippen LogP contribution in [0.25, 0.3) is 6.08 Å². The van der Waals surface area contributed by atoms with Crippen LogP contribution in [0.5, 0.6) is 0 Å². The normalized spacial score (nSPS) is 17.6. The van der Waals surface area contributed by atoms with Crippen LogP contribution in [0.15, 0.2) is 30.6 Å². The predicted octanol–water partition coefficient (Wildman–Crippen LogP) is 0.716. The van der Waals surface area contributed by atoms with Crippen molar-refractivity contribution in [3.05, 3.63) is 36.2 Å². The molecule has 0 radical (unpaired) electrons. The van der Waals surface area contributed by atoms with Crippen LogP contribution in [0.1, 0.15) is 12.5 Å². The molecule has 1 fully saturated rings. The summed E-state index contributed by atoms with van der Waals surface area (Å²) in [5.41, 5.74) is 0.729. The van der Waals surface area contributed by atoms with Gasteiger partial charge in [0.15, 0.2) is 5.11 Å². The molecule has 1 N–H and O–H groups in total. The SMILES string of the molecule is C=CCN1C(=O)/C(=C\c2cnn(CC)c2)C(=O)NC1=S. The van der Waals surface area contributed by atoms with Crippen molar-refractivity contribution in [1.82, 2.24) is 20.0 Å². The van der Waals surface area contributed by atoms with Crippen LogP contribution in [-0.2, 0) is 16.1 Å². The standard InChI is InChI=1S/C13H14N4O2S/c1-3-5-17-12(19)10(11(18)15-13(17)20)6-9-7-14-16(4-2)8-9/h3,6-8H,1,4-5H2,2H3,(H,15,18,20)/b10-6-. The van der Waals surface area contributed by atoms with Crippen LogP contribution in [0.4, 0.5) is 0 Å². The van der Waals surface area contributed by atoms with Crippen molar-refractivity contribution < 1.29 is 9.59 Å². The van der Waals surface area contributed by atoms with Gasteiger partial charge in [-0.1, -0.05) is 6.08 Å². The molecule has 2 amide bonds. The van der Waals surface area contributed by atoms with Gasteiger partial charge in [0.1, 0.15) is 5.57 Å². The van der Waals surface area contributed by atoms with Crippen molar-refractivity contribution >= 4 is 35.2 Å². The molecule has 0 atom stereocenters. The Morgan fingerprint density at radius 2 is 2.25 bits per heavy atom. The smallest absolute Gasteiger partial charge is 0.265 e. The summed E-state index contributed by atoms with van der Waals surface area (Å²) in [7, 11) is 0. The van der Waals surface area contributed by atoms with Crippen LogP contribution < -0.4 is 5.32 Å². The lowest BCUT2D eigenvalue weighted by atomic mass is 10.1. The zero-order valence-corrected chi connectivity index (χ0v) is 11.8. The first-order valence-electron chi connectivity index (χ1n) is 6.09. The number of aryl methyl sites for hydroxylation is 1. The Bertz CT molecular complexity index is 618. The maximum Gasteiger partial charge on any atom is 0.265 e. The number of hydrogen-bond acceptors (Lipinski definition) is 4. The number of rotatable bonds is 4. The second-order valence-electron chi connectivity index (χ2n) is 4.15. The van der Waals surface area contributed by atoms with Gasteiger partial charge in [0, 0.05) is 24.8 Å². The van der Waals surface area contributed by atoms with E-state index in [1.807, 2.05) is 6.92 Å². The third kappa shape index (κ3) is 2.67. The second-order valence-corrected chi connectivity index (χ2v) is 4.54. The van der Waals surface area contributed by atoms with Gasteiger partial charge in [-0.05, 0) is 25.2 Å². The summed E-state index contributed by atoms with van der Waals surface area (Å²) >= 11 is 4.97. The van der Waals surface area contributed by atoms with Crippen molar-refractivity contribution in [3.8, 4) is 0 Å². The Kier molecular flexibility index (Phi) is 4.09. The summed E-state index contributed by atoms with van der Waals surface area (Å²) in [6.07, 6.45) is 6.42. The summed E-state index contributed by atoms with van der Waals surface area (Å²) in [6.45, 7) is 6.49. The van der Waals surface area contributed by atoms with Crippen LogP contribution in [0.3, 0.4) is 0 Å². The number of carbonyl (C=O) groups is 2. The van der Waals surface area contributed by atoms with E-state index < -0.39 is 11.8 Å². The van der Waals surface area contributed by atoms with Crippen LogP contribution >= 0.6 is 12.2 Å². The minimum absolute atomic E-state index is 0.0381. The van der Waals surface area contributed by atoms with E-state index in [0.29, 0.717) is 5.56 Å². The fourth-order valence-corrected chi connectivity index (χ4v) is 2.03. The Balaban J connectivity index is 2.33. The monoisotopic (exact) mass is 290 g/mol. The summed E-state index contributed by atoms with van der Waals surface area (Å²) in [5, 5.41) is 6.68. The molecule has 0 unspecified atom stereocenters. The van der Waals surface area contributed by atoms with E-state index in [1.54, 1.807) is 23.2 Å². The van der Waals surface area contributed by atoms with Gasteiger partial charge in [0.25, 0.3) is 11.8 Å². The van der Waals surface area contributed by atoms with Gasteiger partial charge in [0.2, 0.25) is 0 Å². The van der Waals surface area contributed by atoms with E-state index in [1.165, 1.54) is 11.0 Å². The fourth-order valence-electron chi connectivity index (χ4n) is 1.78. The fraction of sp³-hybridized carbons (Fsp3) is 0.231. The van der Waals surface area contributed by atoms with E-state index in [2.05, 4.69) is 17.0 Å². The first kappa shape index (κ1) is 14.1. The highest BCUT2D eigenvalue weighted by molar-refractivity contribution is 7.80. The van der Waals surface area contributed by atoms with E-state index in [9.17, 15) is 9.59 Å². The van der Waals surface area contributed by atoms with Crippen molar-refractivity contribution in [2.75, 3.05) is 6.54 Å². The molecule has 0 spiro atoms. The Labute approximate surface area is 121 Å². The van der Waals surface area contributed by atoms with E-state index >= 15 is 0 Å². The average molecular weight is 290 g/mol. The van der Waals surface area contributed by atoms with Crippen molar-refractivity contribution in [1.29, 1.82) is 0 Å². The quantitative estimate of drug-likeness (QED) is 0.384. The van der Waals surface area contributed by atoms with E-state index in [-0.39, 0.29) is 17.2 Å². The molecule has 1 aromatic heterocycles. The van der Waals surface area contributed by atoms with Gasteiger partial charge in [-0.2, -0.15) is 5.10 Å². The van der Waals surface area contributed by atoms with E-state index in [0.717, 1.165) is 6.54 Å². The molecule has 0 bridgehead atoms. The molecular formula is C13H14N4O2S. The molecule has 7 heteroatoms. The largest absolute Gasteiger partial charge is 0.298 e. The van der Waals surface area contributed by atoms with Gasteiger partial charge < -0.3 is 0 Å². The second kappa shape index (κ2) is 5.79. The zero-order valence-electron chi connectivity index (χ0n) is 11.0. The number of nitrogens with zero attached hydrogens (tertiary/aromatic N) is 3. The summed E-state index contributed by atoms with van der Waals surface area (Å²) < 4.78 is 1.71. The Morgan fingerprint density at radius 3 is 2.85 bits per heavy atom. The molecule has 20 heavy (non-hydrogen) atoms. The van der Waals surface area contributed by atoms with Crippen LogP contribution in [-0.4, -0.2) is 38.2 Å². The zero-order chi connectivity index (χ0) is 14.7. The average Bonchev–Trinajstić information content (AvgIpc) is 2.87. The molecule has 1 aromatic rings. The molecule has 1 aliphatic heterocycles. The highest BCUT2D eigenvalue weighted by Gasteiger charge is 2.32. The number of carbonyl (C=O) groups excluding carboxylic acids is 2. The van der Waals surface area contributed by atoms with Gasteiger partial charge in [0.05, 0.1) is 6.20 Å². The first-order chi connectivity index (χ1) is 9.56. The van der Waals surface area contributed by atoms with E-state index in [4.69, 9.17) is 12.2 Å². The van der Waals surface area contributed by atoms with Gasteiger partial charge in [-0.3, -0.25) is 24.5 Å². The number of nitrogens with one attached hydrogen (secondary N) is 1. The Hall–Kier alpha value is -2.28. The number of hydrogen-bond donors (Lipinski definition) is 1. The van der Waals surface area contributed by atoms with Crippen molar-refractivity contribution in [2.45, 2.75) is 13.5 Å². The van der Waals surface area contributed by atoms with Crippen LogP contribution in [0, 0.1) is 0 Å². The molecule has 0 saturated carbocycles. The topological polar surface area (TPSA) is 67.2 Å². The predicted molar refractivity (Wildman–Crippen MR) is 78.5 cm³/mol. The van der Waals surface area contributed by atoms with Gasteiger partial charge in [-0.25, -0.2) is 0 Å². The summed E-state index contributed by atoms with van der Waals surface area (Å²) in [5.74, 6) is -0.924. The summed E-state index contributed by atoms with van der Waals surface area (Å²) in [6, 6.07) is 0. The molecular weight excluding hydrogens is 276 g/mol. The van der Waals surface area contributed by atoms with Gasteiger partial charge in [-0.15, -0.1) is 6.58 Å². The molecule has 2 rings (SSSR count). The molecule has 6 nitrogen and oxygen atoms in total. The van der Waals surface area contributed by atoms with Gasteiger partial charge >= 0.3 is 0 Å². The lowest BCUT2D eigenvalue weighted by molar-refractivity contribution is -0.128. The number of amides is 2. The maximum absolute atomic E-state index is 12.3. The lowest BCUT2D eigenvalue weighted by Gasteiger charge is -2.27. The first-order valence-corrected chi connectivity index (χ1v) is 6.49. The highest BCUT2D eigenvalue weighted by Crippen LogP contribution is 2.14. The third-order valence-corrected chi connectivity index (χ3v) is 3.11. The maximum atomic E-state index is 12.3. The number of aromatic nitrogens is 2. The molecule has 104 valence electrons. The molecule has 1 saturated heterocycles. The number of thiocarbonyl (C=S) groups is 1. The Morgan fingerprint density at radius 1 is 1.50 bits per heavy atom. The molecule has 0 aromatic carbocycles. The minimum Gasteiger partial charge on any atom is -0.298 e. The molecule has 1 aliphatic rings. The highest BCUT2D eigenvalue weighted by atomic mass is 32.1. The molecule has 0 aliphatic carbocycles. The summed E-state index contributed by atoms with van der Waals surface area (Å²) in [4.78, 5) is 25.4. The lowest BCUT2D eigenvalue weighted by Crippen LogP contribution is -2.53.